The van der Waals surface area contributed by atoms with E-state index in [2.05, 4.69) is 5.32 Å². The minimum absolute atomic E-state index is 0.544. The maximum atomic E-state index is 11.2. The molecule has 0 aliphatic heterocycles. The zero-order chi connectivity index (χ0) is 12.0. The first-order valence-corrected chi connectivity index (χ1v) is 7.10. The second-order valence-corrected chi connectivity index (χ2v) is 6.01. The first kappa shape index (κ1) is 13.5. The summed E-state index contributed by atoms with van der Waals surface area (Å²) in [5, 5.41) is 14.3. The van der Waals surface area contributed by atoms with Gasteiger partial charge in [0.25, 0.3) is 0 Å². The fourth-order valence-electron chi connectivity index (χ4n) is 1.15. The quantitative estimate of drug-likeness (QED) is 0.739. The minimum Gasteiger partial charge on any atom is -0.480 e. The molecule has 0 fully saturated rings. The Balaban J connectivity index is 2.53. The third kappa shape index (κ3) is 3.81. The van der Waals surface area contributed by atoms with Gasteiger partial charge in [0.15, 0.2) is 0 Å². The minimum atomic E-state index is -0.843. The van der Waals surface area contributed by atoms with Crippen LogP contribution in [-0.2, 0) is 4.79 Å². The molecule has 1 aromatic rings. The summed E-state index contributed by atoms with van der Waals surface area (Å²) in [4.78, 5) is 11.2. The van der Waals surface area contributed by atoms with E-state index in [9.17, 15) is 9.90 Å². The van der Waals surface area contributed by atoms with E-state index >= 15 is 0 Å². The summed E-state index contributed by atoms with van der Waals surface area (Å²) in [6, 6.07) is 3.99. The van der Waals surface area contributed by atoms with Gasteiger partial charge in [-0.05, 0) is 31.3 Å². The monoisotopic (exact) mass is 259 g/mol. The molecule has 0 amide bonds. The van der Waals surface area contributed by atoms with Crippen molar-refractivity contribution in [1.82, 2.24) is 5.32 Å². The van der Waals surface area contributed by atoms with Crippen LogP contribution in [-0.4, -0.2) is 28.9 Å². The zero-order valence-electron chi connectivity index (χ0n) is 9.53. The van der Waals surface area contributed by atoms with Crippen LogP contribution >= 0.6 is 23.1 Å². The summed E-state index contributed by atoms with van der Waals surface area (Å²) in [5.41, 5.74) is -0.843. The van der Waals surface area contributed by atoms with Crippen LogP contribution < -0.4 is 5.32 Å². The maximum Gasteiger partial charge on any atom is 0.324 e. The topological polar surface area (TPSA) is 49.3 Å². The molecule has 1 aromatic heterocycles. The van der Waals surface area contributed by atoms with Gasteiger partial charge in [0.1, 0.15) is 5.54 Å². The molecule has 1 unspecified atom stereocenters. The van der Waals surface area contributed by atoms with E-state index in [0.717, 1.165) is 17.2 Å². The molecule has 1 heterocycles. The fourth-order valence-corrected chi connectivity index (χ4v) is 3.05. The van der Waals surface area contributed by atoms with Crippen LogP contribution in [0.5, 0.6) is 0 Å². The SMILES string of the molecule is CCCNC(C)(CSc1cccs1)C(=O)O. The molecule has 0 aliphatic rings. The highest BCUT2D eigenvalue weighted by Gasteiger charge is 2.32. The Morgan fingerprint density at radius 1 is 1.69 bits per heavy atom. The van der Waals surface area contributed by atoms with Crippen LogP contribution in [0.15, 0.2) is 21.7 Å². The number of nitrogens with one attached hydrogen (secondary N) is 1. The van der Waals surface area contributed by atoms with Gasteiger partial charge in [-0.15, -0.1) is 23.1 Å². The van der Waals surface area contributed by atoms with Crippen molar-refractivity contribution in [2.75, 3.05) is 12.3 Å². The first-order valence-electron chi connectivity index (χ1n) is 5.23. The Morgan fingerprint density at radius 3 is 2.94 bits per heavy atom. The third-order valence-corrected chi connectivity index (χ3v) is 4.68. The number of hydrogen-bond donors (Lipinski definition) is 2. The Morgan fingerprint density at radius 2 is 2.44 bits per heavy atom. The number of carboxylic acid groups (broad SMARTS) is 1. The second-order valence-electron chi connectivity index (χ2n) is 3.78. The van der Waals surface area contributed by atoms with Crippen LogP contribution in [0.4, 0.5) is 0 Å². The molecular weight excluding hydrogens is 242 g/mol. The van der Waals surface area contributed by atoms with Crippen molar-refractivity contribution in [3.63, 3.8) is 0 Å². The molecule has 5 heteroatoms. The average molecular weight is 259 g/mol. The number of rotatable bonds is 7. The summed E-state index contributed by atoms with van der Waals surface area (Å²) < 4.78 is 1.16. The van der Waals surface area contributed by atoms with Crippen molar-refractivity contribution >= 4 is 29.1 Å². The average Bonchev–Trinajstić information content (AvgIpc) is 2.76. The molecule has 0 saturated carbocycles. The molecule has 0 aromatic carbocycles. The molecule has 0 saturated heterocycles. The van der Waals surface area contributed by atoms with E-state index < -0.39 is 11.5 Å². The lowest BCUT2D eigenvalue weighted by Gasteiger charge is -2.25. The lowest BCUT2D eigenvalue weighted by molar-refractivity contribution is -0.143. The molecule has 0 spiro atoms. The lowest BCUT2D eigenvalue weighted by atomic mass is 10.1. The van der Waals surface area contributed by atoms with Gasteiger partial charge in [-0.2, -0.15) is 0 Å². The highest BCUT2D eigenvalue weighted by Crippen LogP contribution is 2.26. The molecule has 3 nitrogen and oxygen atoms in total. The van der Waals surface area contributed by atoms with Crippen LogP contribution in [0, 0.1) is 0 Å². The van der Waals surface area contributed by atoms with E-state index in [-0.39, 0.29) is 0 Å². The number of thioether (sulfide) groups is 1. The molecule has 0 aliphatic carbocycles. The predicted octanol–water partition coefficient (Wildman–Crippen LogP) is 2.68. The van der Waals surface area contributed by atoms with E-state index in [4.69, 9.17) is 0 Å². The Kier molecular flexibility index (Phi) is 5.31. The van der Waals surface area contributed by atoms with Crippen LogP contribution in [0.2, 0.25) is 0 Å². The van der Waals surface area contributed by atoms with E-state index in [1.54, 1.807) is 30.0 Å². The van der Waals surface area contributed by atoms with Crippen LogP contribution in [0.3, 0.4) is 0 Å². The molecule has 90 valence electrons. The molecule has 16 heavy (non-hydrogen) atoms. The summed E-state index contributed by atoms with van der Waals surface area (Å²) in [6.45, 7) is 4.50. The van der Waals surface area contributed by atoms with Crippen LogP contribution in [0.1, 0.15) is 20.3 Å². The Hall–Kier alpha value is -0.520. The van der Waals surface area contributed by atoms with E-state index in [1.165, 1.54) is 0 Å². The molecular formula is C11H17NO2S2. The van der Waals surface area contributed by atoms with Gasteiger partial charge in [0.05, 0.1) is 4.21 Å². The summed E-state index contributed by atoms with van der Waals surface area (Å²) in [7, 11) is 0. The number of carboxylic acids is 1. The summed E-state index contributed by atoms with van der Waals surface area (Å²) in [6.07, 6.45) is 0.937. The lowest BCUT2D eigenvalue weighted by Crippen LogP contribution is -2.51. The Bertz CT molecular complexity index is 327. The van der Waals surface area contributed by atoms with Crippen LogP contribution in [0.25, 0.3) is 0 Å². The normalized spacial score (nSPS) is 14.6. The van der Waals surface area contributed by atoms with Crippen molar-refractivity contribution in [3.05, 3.63) is 17.5 Å². The smallest absolute Gasteiger partial charge is 0.324 e. The fraction of sp³-hybridized carbons (Fsp3) is 0.545. The maximum absolute atomic E-state index is 11.2. The second kappa shape index (κ2) is 6.27. The first-order chi connectivity index (χ1) is 7.58. The van der Waals surface area contributed by atoms with Crippen molar-refractivity contribution in [2.45, 2.75) is 30.0 Å². The van der Waals surface area contributed by atoms with E-state index in [1.807, 2.05) is 24.4 Å². The molecule has 0 radical (unpaired) electrons. The molecule has 1 atom stereocenters. The van der Waals surface area contributed by atoms with Gasteiger partial charge in [-0.25, -0.2) is 0 Å². The van der Waals surface area contributed by atoms with Crippen molar-refractivity contribution < 1.29 is 9.90 Å². The highest BCUT2D eigenvalue weighted by molar-refractivity contribution is 8.01. The van der Waals surface area contributed by atoms with Gasteiger partial charge >= 0.3 is 5.97 Å². The summed E-state index contributed by atoms with van der Waals surface area (Å²) in [5.74, 6) is -0.243. The van der Waals surface area contributed by atoms with Crippen molar-refractivity contribution in [3.8, 4) is 0 Å². The van der Waals surface area contributed by atoms with Gasteiger partial charge < -0.3 is 10.4 Å². The molecule has 0 bridgehead atoms. The number of hydrogen-bond acceptors (Lipinski definition) is 4. The predicted molar refractivity (Wildman–Crippen MR) is 69.4 cm³/mol. The third-order valence-electron chi connectivity index (χ3n) is 2.24. The summed E-state index contributed by atoms with van der Waals surface area (Å²) >= 11 is 3.23. The number of aliphatic carboxylic acids is 1. The standard InChI is InChI=1S/C11H17NO2S2/c1-3-6-12-11(2,10(13)14)8-16-9-5-4-7-15-9/h4-5,7,12H,3,6,8H2,1-2H3,(H,13,14). The number of carbonyl (C=O) groups is 1. The molecule has 2 N–H and O–H groups in total. The van der Waals surface area contributed by atoms with Crippen molar-refractivity contribution in [2.24, 2.45) is 0 Å². The Labute approximate surface area is 104 Å². The van der Waals surface area contributed by atoms with Gasteiger partial charge in [0, 0.05) is 5.75 Å². The van der Waals surface area contributed by atoms with Gasteiger partial charge in [0.2, 0.25) is 0 Å². The molecule has 1 rings (SSSR count). The van der Waals surface area contributed by atoms with Gasteiger partial charge in [-0.1, -0.05) is 13.0 Å². The van der Waals surface area contributed by atoms with E-state index in [0.29, 0.717) is 5.75 Å². The number of thiophene rings is 1. The highest BCUT2D eigenvalue weighted by atomic mass is 32.2. The van der Waals surface area contributed by atoms with Crippen molar-refractivity contribution in [1.29, 1.82) is 0 Å². The zero-order valence-corrected chi connectivity index (χ0v) is 11.2. The largest absolute Gasteiger partial charge is 0.480 e. The van der Waals surface area contributed by atoms with Gasteiger partial charge in [-0.3, -0.25) is 4.79 Å².